The zero-order chi connectivity index (χ0) is 13.8. The highest BCUT2D eigenvalue weighted by atomic mass is 79.9. The lowest BCUT2D eigenvalue weighted by Crippen LogP contribution is -2.11. The molecule has 0 fully saturated rings. The van der Waals surface area contributed by atoms with Gasteiger partial charge in [0.25, 0.3) is 0 Å². The molecule has 0 amide bonds. The van der Waals surface area contributed by atoms with Crippen molar-refractivity contribution in [3.8, 4) is 5.75 Å². The van der Waals surface area contributed by atoms with Gasteiger partial charge in [0.05, 0.1) is 17.4 Å². The van der Waals surface area contributed by atoms with E-state index in [-0.39, 0.29) is 6.04 Å². The van der Waals surface area contributed by atoms with E-state index >= 15 is 0 Å². The normalized spacial score (nSPS) is 12.2. The van der Waals surface area contributed by atoms with Crippen LogP contribution in [0.1, 0.15) is 30.6 Å². The van der Waals surface area contributed by atoms with Gasteiger partial charge >= 0.3 is 0 Å². The second-order valence-electron chi connectivity index (χ2n) is 4.46. The number of aryl methyl sites for hydroxylation is 1. The van der Waals surface area contributed by atoms with Crippen LogP contribution in [-0.2, 0) is 0 Å². The Morgan fingerprint density at radius 3 is 2.47 bits per heavy atom. The van der Waals surface area contributed by atoms with E-state index in [0.717, 1.165) is 28.0 Å². The summed E-state index contributed by atoms with van der Waals surface area (Å²) >= 11 is 3.37. The van der Waals surface area contributed by atoms with Crippen molar-refractivity contribution in [2.75, 3.05) is 5.32 Å². The summed E-state index contributed by atoms with van der Waals surface area (Å²) in [6.07, 6.45) is 0.959. The number of nitrogens with one attached hydrogen (secondary N) is 1. The summed E-state index contributed by atoms with van der Waals surface area (Å²) in [4.78, 5) is 4.38. The lowest BCUT2D eigenvalue weighted by Gasteiger charge is -2.20. The predicted molar refractivity (Wildman–Crippen MR) is 81.4 cm³/mol. The van der Waals surface area contributed by atoms with Crippen LogP contribution in [-0.4, -0.2) is 10.1 Å². The van der Waals surface area contributed by atoms with Crippen molar-refractivity contribution < 1.29 is 5.11 Å². The fraction of sp³-hybridized carbons (Fsp3) is 0.267. The molecule has 0 saturated carbocycles. The Morgan fingerprint density at radius 2 is 1.89 bits per heavy atom. The topological polar surface area (TPSA) is 45.2 Å². The average molecular weight is 321 g/mol. The molecule has 3 nitrogen and oxygen atoms in total. The third kappa shape index (κ3) is 3.47. The lowest BCUT2D eigenvalue weighted by molar-refractivity contribution is 0.475. The molecule has 1 heterocycles. The maximum Gasteiger partial charge on any atom is 0.115 e. The van der Waals surface area contributed by atoms with Crippen molar-refractivity contribution in [2.45, 2.75) is 26.3 Å². The Bertz CT molecular complexity index is 555. The molecule has 0 saturated heterocycles. The summed E-state index contributed by atoms with van der Waals surface area (Å²) in [5.74, 6) is 0.292. The van der Waals surface area contributed by atoms with Crippen LogP contribution in [0.15, 0.2) is 41.0 Å². The van der Waals surface area contributed by atoms with E-state index in [1.54, 1.807) is 12.1 Å². The molecule has 2 N–H and O–H groups in total. The molecule has 1 atom stereocenters. The van der Waals surface area contributed by atoms with Gasteiger partial charge in [-0.2, -0.15) is 0 Å². The van der Waals surface area contributed by atoms with Crippen molar-refractivity contribution in [3.05, 3.63) is 52.3 Å². The SMILES string of the molecule is CCC(Nc1ccc(Br)nc1C)c1ccc(O)cc1. The van der Waals surface area contributed by atoms with E-state index in [1.165, 1.54) is 0 Å². The summed E-state index contributed by atoms with van der Waals surface area (Å²) in [7, 11) is 0. The number of anilines is 1. The van der Waals surface area contributed by atoms with Gasteiger partial charge in [-0.1, -0.05) is 19.1 Å². The number of benzene rings is 1. The molecular weight excluding hydrogens is 304 g/mol. The van der Waals surface area contributed by atoms with Crippen molar-refractivity contribution in [2.24, 2.45) is 0 Å². The summed E-state index contributed by atoms with van der Waals surface area (Å²) in [5, 5.41) is 12.8. The molecule has 2 aromatic rings. The van der Waals surface area contributed by atoms with Crippen LogP contribution in [0.4, 0.5) is 5.69 Å². The number of hydrogen-bond acceptors (Lipinski definition) is 3. The first-order valence-corrected chi connectivity index (χ1v) is 7.08. The van der Waals surface area contributed by atoms with Crippen LogP contribution in [0, 0.1) is 6.92 Å². The maximum absolute atomic E-state index is 9.34. The van der Waals surface area contributed by atoms with Crippen molar-refractivity contribution in [3.63, 3.8) is 0 Å². The van der Waals surface area contributed by atoms with Crippen LogP contribution >= 0.6 is 15.9 Å². The van der Waals surface area contributed by atoms with Crippen LogP contribution in [0.25, 0.3) is 0 Å². The molecular formula is C15H17BrN2O. The van der Waals surface area contributed by atoms with Crippen LogP contribution in [0.5, 0.6) is 5.75 Å². The fourth-order valence-electron chi connectivity index (χ4n) is 2.00. The lowest BCUT2D eigenvalue weighted by atomic mass is 10.0. The van der Waals surface area contributed by atoms with E-state index in [4.69, 9.17) is 0 Å². The highest BCUT2D eigenvalue weighted by Crippen LogP contribution is 2.26. The zero-order valence-corrected chi connectivity index (χ0v) is 12.6. The van der Waals surface area contributed by atoms with E-state index < -0.39 is 0 Å². The smallest absolute Gasteiger partial charge is 0.115 e. The van der Waals surface area contributed by atoms with Crippen molar-refractivity contribution in [1.82, 2.24) is 4.98 Å². The molecule has 1 unspecified atom stereocenters. The number of phenols is 1. The maximum atomic E-state index is 9.34. The first kappa shape index (κ1) is 13.9. The van der Waals surface area contributed by atoms with Gasteiger partial charge in [-0.05, 0) is 59.1 Å². The number of pyridine rings is 1. The molecule has 4 heteroatoms. The molecule has 0 spiro atoms. The van der Waals surface area contributed by atoms with Gasteiger partial charge < -0.3 is 10.4 Å². The highest BCUT2D eigenvalue weighted by Gasteiger charge is 2.11. The van der Waals surface area contributed by atoms with Gasteiger partial charge in [0.15, 0.2) is 0 Å². The van der Waals surface area contributed by atoms with Gasteiger partial charge in [-0.15, -0.1) is 0 Å². The fourth-order valence-corrected chi connectivity index (χ4v) is 2.40. The molecule has 0 aliphatic carbocycles. The first-order chi connectivity index (χ1) is 9.10. The number of hydrogen-bond donors (Lipinski definition) is 2. The van der Waals surface area contributed by atoms with Gasteiger partial charge in [0, 0.05) is 0 Å². The Morgan fingerprint density at radius 1 is 1.21 bits per heavy atom. The minimum absolute atomic E-state index is 0.210. The third-order valence-corrected chi connectivity index (χ3v) is 3.53. The van der Waals surface area contributed by atoms with Crippen molar-refractivity contribution >= 4 is 21.6 Å². The number of phenolic OH excluding ortho intramolecular Hbond substituents is 1. The second kappa shape index (κ2) is 6.06. The zero-order valence-electron chi connectivity index (χ0n) is 11.0. The molecule has 0 radical (unpaired) electrons. The summed E-state index contributed by atoms with van der Waals surface area (Å²) in [6, 6.07) is 11.5. The molecule has 2 rings (SSSR count). The molecule has 0 aliphatic rings. The monoisotopic (exact) mass is 320 g/mol. The third-order valence-electron chi connectivity index (χ3n) is 3.09. The van der Waals surface area contributed by atoms with E-state index in [0.29, 0.717) is 5.75 Å². The standard InChI is InChI=1S/C15H17BrN2O/c1-3-13(11-4-6-12(19)7-5-11)18-14-8-9-15(16)17-10(14)2/h4-9,13,18-19H,3H2,1-2H3. The van der Waals surface area contributed by atoms with Gasteiger partial charge in [-0.3, -0.25) is 0 Å². The van der Waals surface area contributed by atoms with E-state index in [9.17, 15) is 5.11 Å². The largest absolute Gasteiger partial charge is 0.508 e. The predicted octanol–water partition coefficient (Wildman–Crippen LogP) is 4.42. The second-order valence-corrected chi connectivity index (χ2v) is 5.28. The summed E-state index contributed by atoms with van der Waals surface area (Å²) < 4.78 is 0.841. The van der Waals surface area contributed by atoms with E-state index in [1.807, 2.05) is 31.2 Å². The Labute approximate surface area is 121 Å². The minimum Gasteiger partial charge on any atom is -0.508 e. The van der Waals surface area contributed by atoms with E-state index in [2.05, 4.69) is 33.2 Å². The Balaban J connectivity index is 2.21. The molecule has 0 aliphatic heterocycles. The van der Waals surface area contributed by atoms with Crippen molar-refractivity contribution in [1.29, 1.82) is 0 Å². The quantitative estimate of drug-likeness (QED) is 0.819. The molecule has 100 valence electrons. The number of rotatable bonds is 4. The first-order valence-electron chi connectivity index (χ1n) is 6.28. The molecule has 19 heavy (non-hydrogen) atoms. The van der Waals surface area contributed by atoms with Gasteiger partial charge in [0.2, 0.25) is 0 Å². The minimum atomic E-state index is 0.210. The number of aromatic nitrogens is 1. The number of aromatic hydroxyl groups is 1. The van der Waals surface area contributed by atoms with Gasteiger partial charge in [0.1, 0.15) is 10.4 Å². The van der Waals surface area contributed by atoms with Crippen LogP contribution in [0.3, 0.4) is 0 Å². The van der Waals surface area contributed by atoms with Crippen LogP contribution in [0.2, 0.25) is 0 Å². The average Bonchev–Trinajstić information content (AvgIpc) is 2.39. The summed E-state index contributed by atoms with van der Waals surface area (Å²) in [6.45, 7) is 4.11. The number of nitrogens with zero attached hydrogens (tertiary/aromatic N) is 1. The van der Waals surface area contributed by atoms with Gasteiger partial charge in [-0.25, -0.2) is 4.98 Å². The highest BCUT2D eigenvalue weighted by molar-refractivity contribution is 9.10. The molecule has 1 aromatic carbocycles. The Kier molecular flexibility index (Phi) is 4.43. The molecule has 0 bridgehead atoms. The number of halogens is 1. The Hall–Kier alpha value is -1.55. The molecule has 1 aromatic heterocycles. The summed E-state index contributed by atoms with van der Waals surface area (Å²) in [5.41, 5.74) is 3.15. The van der Waals surface area contributed by atoms with Crippen LogP contribution < -0.4 is 5.32 Å².